The average molecular weight is 225 g/mol. The Hall–Kier alpha value is -1.75. The van der Waals surface area contributed by atoms with Crippen molar-refractivity contribution in [2.45, 2.75) is 6.92 Å². The summed E-state index contributed by atoms with van der Waals surface area (Å²) in [5.74, 6) is -0.136. The Bertz CT molecular complexity index is 365. The van der Waals surface area contributed by atoms with Gasteiger partial charge in [-0.25, -0.2) is 4.79 Å². The van der Waals surface area contributed by atoms with E-state index in [2.05, 4.69) is 0 Å². The van der Waals surface area contributed by atoms with Gasteiger partial charge < -0.3 is 20.3 Å². The summed E-state index contributed by atoms with van der Waals surface area (Å²) in [6, 6.07) is 4.67. The molecule has 0 unspecified atom stereocenters. The maximum atomic E-state index is 11.5. The van der Waals surface area contributed by atoms with Crippen LogP contribution in [0.1, 0.15) is 17.3 Å². The van der Waals surface area contributed by atoms with Crippen LogP contribution in [0.3, 0.4) is 0 Å². The highest BCUT2D eigenvalue weighted by atomic mass is 16.5. The first kappa shape index (κ1) is 12.3. The van der Waals surface area contributed by atoms with Crippen molar-refractivity contribution in [2.75, 3.05) is 25.6 Å². The van der Waals surface area contributed by atoms with E-state index in [4.69, 9.17) is 20.3 Å². The number of benzene rings is 1. The van der Waals surface area contributed by atoms with Crippen molar-refractivity contribution >= 4 is 11.7 Å². The van der Waals surface area contributed by atoms with Gasteiger partial charge in [0, 0.05) is 11.8 Å². The summed E-state index contributed by atoms with van der Waals surface area (Å²) in [5, 5.41) is 8.66. The van der Waals surface area contributed by atoms with Gasteiger partial charge in [0.2, 0.25) is 0 Å². The number of aliphatic hydroxyl groups is 1. The van der Waals surface area contributed by atoms with Gasteiger partial charge in [-0.15, -0.1) is 0 Å². The lowest BCUT2D eigenvalue weighted by Gasteiger charge is -2.10. The molecule has 1 rings (SSSR count). The third-order valence-electron chi connectivity index (χ3n) is 1.85. The van der Waals surface area contributed by atoms with Crippen LogP contribution in [0, 0.1) is 0 Å². The number of ether oxygens (including phenoxy) is 2. The van der Waals surface area contributed by atoms with Crippen LogP contribution in [0.4, 0.5) is 5.69 Å². The van der Waals surface area contributed by atoms with Gasteiger partial charge in [-0.3, -0.25) is 0 Å². The summed E-state index contributed by atoms with van der Waals surface area (Å²) in [5.41, 5.74) is 6.38. The number of esters is 1. The molecule has 0 amide bonds. The first-order valence-electron chi connectivity index (χ1n) is 4.99. The van der Waals surface area contributed by atoms with E-state index < -0.39 is 5.97 Å². The Balaban J connectivity index is 2.92. The van der Waals surface area contributed by atoms with Crippen molar-refractivity contribution in [3.8, 4) is 5.75 Å². The van der Waals surface area contributed by atoms with Gasteiger partial charge >= 0.3 is 5.97 Å². The normalized spacial score (nSPS) is 9.88. The number of nitrogens with two attached hydrogens (primary N) is 1. The fourth-order valence-electron chi connectivity index (χ4n) is 1.19. The third-order valence-corrected chi connectivity index (χ3v) is 1.85. The number of carbonyl (C=O) groups is 1. The molecule has 0 atom stereocenters. The predicted molar refractivity (Wildman–Crippen MR) is 59.4 cm³/mol. The van der Waals surface area contributed by atoms with Crippen molar-refractivity contribution in [3.63, 3.8) is 0 Å². The molecule has 0 heterocycles. The van der Waals surface area contributed by atoms with Gasteiger partial charge in [0.25, 0.3) is 0 Å². The van der Waals surface area contributed by atoms with Gasteiger partial charge in [-0.05, 0) is 19.1 Å². The molecule has 1 aromatic carbocycles. The van der Waals surface area contributed by atoms with Crippen molar-refractivity contribution in [1.29, 1.82) is 0 Å². The summed E-state index contributed by atoms with van der Waals surface area (Å²) in [7, 11) is 0. The molecule has 0 fully saturated rings. The van der Waals surface area contributed by atoms with Crippen molar-refractivity contribution in [2.24, 2.45) is 0 Å². The first-order valence-corrected chi connectivity index (χ1v) is 4.99. The minimum absolute atomic E-state index is 0.107. The molecule has 0 aliphatic carbocycles. The van der Waals surface area contributed by atoms with Crippen LogP contribution in [0.15, 0.2) is 18.2 Å². The minimum atomic E-state index is -0.463. The minimum Gasteiger partial charge on any atom is -0.490 e. The molecule has 16 heavy (non-hydrogen) atoms. The lowest BCUT2D eigenvalue weighted by atomic mass is 10.2. The zero-order valence-corrected chi connectivity index (χ0v) is 9.10. The van der Waals surface area contributed by atoms with E-state index in [1.807, 2.05) is 0 Å². The molecule has 0 saturated carbocycles. The van der Waals surface area contributed by atoms with Crippen molar-refractivity contribution < 1.29 is 19.4 Å². The fraction of sp³-hybridized carbons (Fsp3) is 0.364. The van der Waals surface area contributed by atoms with E-state index in [1.165, 1.54) is 6.07 Å². The van der Waals surface area contributed by atoms with Crippen LogP contribution >= 0.6 is 0 Å². The summed E-state index contributed by atoms with van der Waals surface area (Å²) in [6.07, 6.45) is 0. The predicted octanol–water partition coefficient (Wildman–Crippen LogP) is 0.817. The maximum absolute atomic E-state index is 11.5. The van der Waals surface area contributed by atoms with E-state index in [1.54, 1.807) is 19.1 Å². The average Bonchev–Trinajstić information content (AvgIpc) is 2.26. The number of hydrogen-bond donors (Lipinski definition) is 2. The second kappa shape index (κ2) is 5.97. The largest absolute Gasteiger partial charge is 0.490 e. The molecule has 88 valence electrons. The topological polar surface area (TPSA) is 81.8 Å². The van der Waals surface area contributed by atoms with Gasteiger partial charge in [0.15, 0.2) is 0 Å². The maximum Gasteiger partial charge on any atom is 0.341 e. The number of aliphatic hydroxyl groups excluding tert-OH is 1. The summed E-state index contributed by atoms with van der Waals surface area (Å²) >= 11 is 0. The van der Waals surface area contributed by atoms with Crippen molar-refractivity contribution in [1.82, 2.24) is 0 Å². The molecule has 0 aliphatic rings. The Morgan fingerprint density at radius 3 is 2.88 bits per heavy atom. The molecule has 5 heteroatoms. The lowest BCUT2D eigenvalue weighted by Crippen LogP contribution is -2.10. The van der Waals surface area contributed by atoms with Crippen LogP contribution in [-0.2, 0) is 4.74 Å². The van der Waals surface area contributed by atoms with Gasteiger partial charge in [-0.1, -0.05) is 0 Å². The molecule has 0 aliphatic heterocycles. The number of nitrogen functional groups attached to an aromatic ring is 1. The zero-order chi connectivity index (χ0) is 12.0. The molecule has 0 spiro atoms. The fourth-order valence-corrected chi connectivity index (χ4v) is 1.19. The quantitative estimate of drug-likeness (QED) is 0.572. The SMILES string of the molecule is CCOC(=O)c1ccc(N)cc1OCCO. The van der Waals surface area contributed by atoms with Gasteiger partial charge in [-0.2, -0.15) is 0 Å². The molecule has 0 bridgehead atoms. The van der Waals surface area contributed by atoms with Crippen LogP contribution in [-0.4, -0.2) is 30.9 Å². The third kappa shape index (κ3) is 3.13. The molecule has 0 aromatic heterocycles. The Morgan fingerprint density at radius 2 is 2.25 bits per heavy atom. The number of hydrogen-bond acceptors (Lipinski definition) is 5. The van der Waals surface area contributed by atoms with E-state index in [9.17, 15) is 4.79 Å². The van der Waals surface area contributed by atoms with Gasteiger partial charge in [0.05, 0.1) is 13.2 Å². The molecule has 0 radical (unpaired) electrons. The number of anilines is 1. The summed E-state index contributed by atoms with van der Waals surface area (Å²) < 4.78 is 10.1. The van der Waals surface area contributed by atoms with Crippen LogP contribution in [0.2, 0.25) is 0 Å². The van der Waals surface area contributed by atoms with E-state index in [0.29, 0.717) is 23.6 Å². The highest BCUT2D eigenvalue weighted by Gasteiger charge is 2.13. The van der Waals surface area contributed by atoms with Gasteiger partial charge in [0.1, 0.15) is 17.9 Å². The smallest absolute Gasteiger partial charge is 0.341 e. The molecule has 5 nitrogen and oxygen atoms in total. The van der Waals surface area contributed by atoms with Crippen LogP contribution < -0.4 is 10.5 Å². The second-order valence-corrected chi connectivity index (χ2v) is 3.05. The van der Waals surface area contributed by atoms with E-state index in [0.717, 1.165) is 0 Å². The van der Waals surface area contributed by atoms with Crippen LogP contribution in [0.25, 0.3) is 0 Å². The second-order valence-electron chi connectivity index (χ2n) is 3.05. The molecule has 3 N–H and O–H groups in total. The molecular weight excluding hydrogens is 210 g/mol. The summed E-state index contributed by atoms with van der Waals surface area (Å²) in [4.78, 5) is 11.5. The standard InChI is InChI=1S/C11H15NO4/c1-2-15-11(14)9-4-3-8(12)7-10(9)16-6-5-13/h3-4,7,13H,2,5-6,12H2,1H3. The highest BCUT2D eigenvalue weighted by molar-refractivity contribution is 5.93. The zero-order valence-electron chi connectivity index (χ0n) is 9.10. The summed E-state index contributed by atoms with van der Waals surface area (Å²) in [6.45, 7) is 2.00. The Kier molecular flexibility index (Phi) is 4.60. The Labute approximate surface area is 93.8 Å². The molecule has 1 aromatic rings. The Morgan fingerprint density at radius 1 is 1.50 bits per heavy atom. The monoisotopic (exact) mass is 225 g/mol. The van der Waals surface area contributed by atoms with Crippen LogP contribution in [0.5, 0.6) is 5.75 Å². The van der Waals surface area contributed by atoms with E-state index in [-0.39, 0.29) is 13.2 Å². The highest BCUT2D eigenvalue weighted by Crippen LogP contribution is 2.22. The first-order chi connectivity index (χ1) is 7.69. The van der Waals surface area contributed by atoms with E-state index >= 15 is 0 Å². The molecule has 0 saturated heterocycles. The number of rotatable bonds is 5. The number of carbonyl (C=O) groups excluding carboxylic acids is 1. The van der Waals surface area contributed by atoms with Crippen molar-refractivity contribution in [3.05, 3.63) is 23.8 Å². The molecular formula is C11H15NO4. The lowest BCUT2D eigenvalue weighted by molar-refractivity contribution is 0.0520.